The van der Waals surface area contributed by atoms with Gasteiger partial charge in [-0.2, -0.15) is 0 Å². The quantitative estimate of drug-likeness (QED) is 0.399. The molecule has 124 valence electrons. The summed E-state index contributed by atoms with van der Waals surface area (Å²) in [6.45, 7) is 9.21. The normalized spacial score (nSPS) is 18.0. The molecule has 1 aliphatic rings. The molecular formula is C19H38N2. The molecule has 0 radical (unpaired) electrons. The highest BCUT2D eigenvalue weighted by Crippen LogP contribution is 2.22. The second-order valence-electron chi connectivity index (χ2n) is 6.46. The lowest BCUT2D eigenvalue weighted by Gasteiger charge is -2.32. The summed E-state index contributed by atoms with van der Waals surface area (Å²) >= 11 is 0. The highest BCUT2D eigenvalue weighted by molar-refractivity contribution is 4.96. The first-order chi connectivity index (χ1) is 10.3. The zero-order valence-corrected chi connectivity index (χ0v) is 14.8. The molecule has 1 rings (SSSR count). The topological polar surface area (TPSA) is 6.48 Å². The summed E-state index contributed by atoms with van der Waals surface area (Å²) in [5.41, 5.74) is 0. The molecule has 1 heterocycles. The van der Waals surface area contributed by atoms with Crippen LogP contribution in [0.15, 0.2) is 12.4 Å². The maximum atomic E-state index is 2.56. The van der Waals surface area contributed by atoms with Gasteiger partial charge in [0.1, 0.15) is 6.17 Å². The fourth-order valence-corrected chi connectivity index (χ4v) is 3.23. The molecule has 0 amide bonds. The van der Waals surface area contributed by atoms with Crippen molar-refractivity contribution >= 4 is 0 Å². The Morgan fingerprint density at radius 3 is 1.86 bits per heavy atom. The van der Waals surface area contributed by atoms with Gasteiger partial charge in [0.15, 0.2) is 0 Å². The molecule has 1 unspecified atom stereocenters. The van der Waals surface area contributed by atoms with Crippen molar-refractivity contribution in [2.75, 3.05) is 13.1 Å². The van der Waals surface area contributed by atoms with Gasteiger partial charge in [0.2, 0.25) is 0 Å². The monoisotopic (exact) mass is 294 g/mol. The Kier molecular flexibility index (Phi) is 10.5. The molecule has 0 spiro atoms. The van der Waals surface area contributed by atoms with Crippen LogP contribution in [0, 0.1) is 0 Å². The molecule has 0 bridgehead atoms. The van der Waals surface area contributed by atoms with Crippen molar-refractivity contribution in [1.29, 1.82) is 0 Å². The third-order valence-corrected chi connectivity index (χ3v) is 4.67. The van der Waals surface area contributed by atoms with Gasteiger partial charge in [0.25, 0.3) is 0 Å². The standard InChI is InChI=1S/C19H38N2/c1-4-7-9-10-11-12-13-14-15-19-20(6-3)17-18-21(19)16-8-5-2/h17-19H,4-16H2,1-3H3. The largest absolute Gasteiger partial charge is 0.356 e. The summed E-state index contributed by atoms with van der Waals surface area (Å²) in [4.78, 5) is 5.07. The van der Waals surface area contributed by atoms with Crippen LogP contribution in [-0.4, -0.2) is 29.1 Å². The van der Waals surface area contributed by atoms with E-state index in [0.29, 0.717) is 6.17 Å². The van der Waals surface area contributed by atoms with Gasteiger partial charge in [-0.05, 0) is 26.2 Å². The van der Waals surface area contributed by atoms with E-state index in [1.54, 1.807) is 0 Å². The van der Waals surface area contributed by atoms with E-state index in [2.05, 4.69) is 43.0 Å². The fraction of sp³-hybridized carbons (Fsp3) is 0.895. The fourth-order valence-electron chi connectivity index (χ4n) is 3.23. The minimum absolute atomic E-state index is 0.640. The molecule has 0 fully saturated rings. The molecule has 21 heavy (non-hydrogen) atoms. The van der Waals surface area contributed by atoms with Crippen LogP contribution in [0.1, 0.15) is 91.4 Å². The Morgan fingerprint density at radius 2 is 1.24 bits per heavy atom. The van der Waals surface area contributed by atoms with Crippen molar-refractivity contribution in [3.63, 3.8) is 0 Å². The van der Waals surface area contributed by atoms with Gasteiger partial charge in [0, 0.05) is 25.5 Å². The third kappa shape index (κ3) is 7.24. The van der Waals surface area contributed by atoms with E-state index in [1.807, 2.05) is 0 Å². The van der Waals surface area contributed by atoms with E-state index in [9.17, 15) is 0 Å². The van der Waals surface area contributed by atoms with Crippen LogP contribution < -0.4 is 0 Å². The predicted molar refractivity (Wildman–Crippen MR) is 94.1 cm³/mol. The van der Waals surface area contributed by atoms with Crippen LogP contribution in [0.4, 0.5) is 0 Å². The van der Waals surface area contributed by atoms with E-state index < -0.39 is 0 Å². The highest BCUT2D eigenvalue weighted by atomic mass is 15.4. The predicted octanol–water partition coefficient (Wildman–Crippen LogP) is 5.75. The van der Waals surface area contributed by atoms with E-state index >= 15 is 0 Å². The first-order valence-corrected chi connectivity index (χ1v) is 9.53. The summed E-state index contributed by atoms with van der Waals surface area (Å²) in [6, 6.07) is 0. The van der Waals surface area contributed by atoms with Gasteiger partial charge in [0.05, 0.1) is 0 Å². The number of unbranched alkanes of at least 4 members (excludes halogenated alkanes) is 8. The Hall–Kier alpha value is -0.660. The minimum Gasteiger partial charge on any atom is -0.356 e. The Balaban J connectivity index is 2.12. The van der Waals surface area contributed by atoms with Crippen LogP contribution in [-0.2, 0) is 0 Å². The summed E-state index contributed by atoms with van der Waals surface area (Å²) in [6.07, 6.45) is 20.5. The van der Waals surface area contributed by atoms with Crippen LogP contribution >= 0.6 is 0 Å². The van der Waals surface area contributed by atoms with Crippen molar-refractivity contribution in [3.8, 4) is 0 Å². The Bertz CT molecular complexity index is 262. The van der Waals surface area contributed by atoms with Crippen LogP contribution in [0.2, 0.25) is 0 Å². The SMILES string of the molecule is CCCCCCCCCCC1N(CC)C=CN1CCCC. The van der Waals surface area contributed by atoms with Crippen LogP contribution in [0.25, 0.3) is 0 Å². The maximum absolute atomic E-state index is 2.56. The molecule has 1 aliphatic heterocycles. The lowest BCUT2D eigenvalue weighted by molar-refractivity contribution is 0.143. The first kappa shape index (κ1) is 18.4. The molecule has 2 heteroatoms. The highest BCUT2D eigenvalue weighted by Gasteiger charge is 2.23. The summed E-state index contributed by atoms with van der Waals surface area (Å²) in [5, 5.41) is 0. The molecule has 0 saturated heterocycles. The van der Waals surface area contributed by atoms with Crippen LogP contribution in [0.3, 0.4) is 0 Å². The van der Waals surface area contributed by atoms with Crippen molar-refractivity contribution < 1.29 is 0 Å². The number of hydrogen-bond donors (Lipinski definition) is 0. The smallest absolute Gasteiger partial charge is 0.101 e. The van der Waals surface area contributed by atoms with E-state index in [-0.39, 0.29) is 0 Å². The zero-order chi connectivity index (χ0) is 15.3. The minimum atomic E-state index is 0.640. The number of hydrogen-bond acceptors (Lipinski definition) is 2. The van der Waals surface area contributed by atoms with Crippen molar-refractivity contribution in [2.24, 2.45) is 0 Å². The van der Waals surface area contributed by atoms with Gasteiger partial charge >= 0.3 is 0 Å². The summed E-state index contributed by atoms with van der Waals surface area (Å²) < 4.78 is 0. The number of nitrogens with zero attached hydrogens (tertiary/aromatic N) is 2. The van der Waals surface area contributed by atoms with E-state index in [1.165, 1.54) is 77.2 Å². The van der Waals surface area contributed by atoms with Crippen molar-refractivity contribution in [2.45, 2.75) is 97.6 Å². The zero-order valence-electron chi connectivity index (χ0n) is 14.8. The molecule has 0 saturated carbocycles. The first-order valence-electron chi connectivity index (χ1n) is 9.53. The lowest BCUT2D eigenvalue weighted by Crippen LogP contribution is -2.38. The number of rotatable bonds is 13. The Morgan fingerprint density at radius 1 is 0.667 bits per heavy atom. The molecule has 0 aromatic rings. The molecule has 2 nitrogen and oxygen atoms in total. The van der Waals surface area contributed by atoms with Gasteiger partial charge < -0.3 is 9.80 Å². The van der Waals surface area contributed by atoms with E-state index in [4.69, 9.17) is 0 Å². The van der Waals surface area contributed by atoms with Gasteiger partial charge in [-0.15, -0.1) is 0 Å². The third-order valence-electron chi connectivity index (χ3n) is 4.67. The molecular weight excluding hydrogens is 256 g/mol. The molecule has 0 N–H and O–H groups in total. The molecule has 1 atom stereocenters. The Labute approximate surface area is 133 Å². The maximum Gasteiger partial charge on any atom is 0.101 e. The molecule has 0 aromatic heterocycles. The summed E-state index contributed by atoms with van der Waals surface area (Å²) in [7, 11) is 0. The lowest BCUT2D eigenvalue weighted by atomic mass is 10.1. The van der Waals surface area contributed by atoms with Gasteiger partial charge in [-0.3, -0.25) is 0 Å². The second-order valence-corrected chi connectivity index (χ2v) is 6.46. The van der Waals surface area contributed by atoms with Crippen molar-refractivity contribution in [3.05, 3.63) is 12.4 Å². The van der Waals surface area contributed by atoms with Crippen molar-refractivity contribution in [1.82, 2.24) is 9.80 Å². The van der Waals surface area contributed by atoms with Crippen LogP contribution in [0.5, 0.6) is 0 Å². The average molecular weight is 295 g/mol. The van der Waals surface area contributed by atoms with E-state index in [0.717, 1.165) is 6.54 Å². The van der Waals surface area contributed by atoms with Gasteiger partial charge in [-0.1, -0.05) is 65.2 Å². The van der Waals surface area contributed by atoms with Gasteiger partial charge in [-0.25, -0.2) is 0 Å². The molecule has 0 aliphatic carbocycles. The average Bonchev–Trinajstić information content (AvgIpc) is 2.90. The summed E-state index contributed by atoms with van der Waals surface area (Å²) in [5.74, 6) is 0. The molecule has 0 aromatic carbocycles. The second kappa shape index (κ2) is 11.9.